The van der Waals surface area contributed by atoms with Gasteiger partial charge in [-0.25, -0.2) is 9.97 Å². The zero-order valence-electron chi connectivity index (χ0n) is 17.5. The van der Waals surface area contributed by atoms with Crippen molar-refractivity contribution in [2.75, 3.05) is 24.5 Å². The van der Waals surface area contributed by atoms with Crippen LogP contribution in [0.1, 0.15) is 28.3 Å². The number of nitrogens with one attached hydrogen (secondary N) is 1. The molecule has 0 aromatic carbocycles. The number of halogens is 3. The van der Waals surface area contributed by atoms with Crippen LogP contribution in [-0.4, -0.2) is 35.5 Å². The summed E-state index contributed by atoms with van der Waals surface area (Å²) in [5.41, 5.74) is 0.215. The number of aryl methyl sites for hydroxylation is 1. The van der Waals surface area contributed by atoms with Crippen LogP contribution in [0.3, 0.4) is 0 Å². The smallest absolute Gasteiger partial charge is 0.355 e. The Hall–Kier alpha value is -2.46. The third-order valence-electron chi connectivity index (χ3n) is 5.39. The van der Waals surface area contributed by atoms with Gasteiger partial charge in [-0.3, -0.25) is 4.79 Å². The largest absolute Gasteiger partial charge is 0.419 e. The molecule has 10 heteroatoms. The first-order valence-electron chi connectivity index (χ1n) is 10.4. The van der Waals surface area contributed by atoms with Gasteiger partial charge < -0.3 is 10.2 Å². The highest BCUT2D eigenvalue weighted by Gasteiger charge is 2.37. The van der Waals surface area contributed by atoms with E-state index in [1.165, 1.54) is 12.3 Å². The van der Waals surface area contributed by atoms with E-state index in [1.807, 2.05) is 24.4 Å². The molecule has 1 fully saturated rings. The molecule has 3 aromatic heterocycles. The van der Waals surface area contributed by atoms with Gasteiger partial charge >= 0.3 is 6.18 Å². The van der Waals surface area contributed by atoms with Gasteiger partial charge in [-0.2, -0.15) is 13.2 Å². The Bertz CT molecular complexity index is 1080. The summed E-state index contributed by atoms with van der Waals surface area (Å²) in [6, 6.07) is 6.41. The molecule has 0 radical (unpaired) electrons. The van der Waals surface area contributed by atoms with E-state index in [0.29, 0.717) is 32.4 Å². The Morgan fingerprint density at radius 2 is 2.16 bits per heavy atom. The SMILES string of the molecule is Cc1nc(-c2ccc(CCNC(=O)C3CCCN(c4ncccc4C(F)(F)F)C3)s2)cs1. The predicted octanol–water partition coefficient (Wildman–Crippen LogP) is 5.17. The minimum absolute atomic E-state index is 0.0964. The van der Waals surface area contributed by atoms with Crippen LogP contribution in [0.5, 0.6) is 0 Å². The van der Waals surface area contributed by atoms with Gasteiger partial charge in [0.2, 0.25) is 5.91 Å². The summed E-state index contributed by atoms with van der Waals surface area (Å²) in [4.78, 5) is 25.0. The summed E-state index contributed by atoms with van der Waals surface area (Å²) in [7, 11) is 0. The number of nitrogens with zero attached hydrogens (tertiary/aromatic N) is 3. The van der Waals surface area contributed by atoms with Crippen molar-refractivity contribution >= 4 is 34.4 Å². The van der Waals surface area contributed by atoms with Crippen molar-refractivity contribution < 1.29 is 18.0 Å². The number of alkyl halides is 3. The van der Waals surface area contributed by atoms with Crippen LogP contribution in [-0.2, 0) is 17.4 Å². The molecule has 4 rings (SSSR count). The van der Waals surface area contributed by atoms with Crippen molar-refractivity contribution in [1.29, 1.82) is 0 Å². The molecule has 0 aliphatic carbocycles. The Balaban J connectivity index is 1.32. The van der Waals surface area contributed by atoms with Gasteiger partial charge in [0.15, 0.2) is 0 Å². The van der Waals surface area contributed by atoms with Gasteiger partial charge in [-0.15, -0.1) is 22.7 Å². The monoisotopic (exact) mass is 480 g/mol. The molecule has 1 amide bonds. The number of pyridine rings is 1. The summed E-state index contributed by atoms with van der Waals surface area (Å²) >= 11 is 3.27. The van der Waals surface area contributed by atoms with Crippen LogP contribution in [0.4, 0.5) is 19.0 Å². The van der Waals surface area contributed by atoms with E-state index >= 15 is 0 Å². The van der Waals surface area contributed by atoms with E-state index in [9.17, 15) is 18.0 Å². The molecular formula is C22H23F3N4OS2. The lowest BCUT2D eigenvalue weighted by atomic mass is 9.96. The number of piperidine rings is 1. The number of carbonyl (C=O) groups is 1. The maximum atomic E-state index is 13.3. The highest BCUT2D eigenvalue weighted by atomic mass is 32.1. The minimum atomic E-state index is -4.48. The van der Waals surface area contributed by atoms with Gasteiger partial charge in [-0.1, -0.05) is 0 Å². The standard InChI is InChI=1S/C22H23F3N4OS2/c1-14-28-18(13-31-14)19-7-6-16(32-19)8-10-27-21(30)15-4-3-11-29(12-15)20-17(22(23,24)25)5-2-9-26-20/h2,5-7,9,13,15H,3-4,8,10-12H2,1H3,(H,27,30). The van der Waals surface area contributed by atoms with Crippen molar-refractivity contribution in [2.24, 2.45) is 5.92 Å². The molecule has 170 valence electrons. The molecule has 0 spiro atoms. The highest BCUT2D eigenvalue weighted by Crippen LogP contribution is 2.36. The first-order chi connectivity index (χ1) is 15.3. The van der Waals surface area contributed by atoms with Gasteiger partial charge in [0.05, 0.1) is 27.1 Å². The first-order valence-corrected chi connectivity index (χ1v) is 12.1. The molecule has 1 aliphatic heterocycles. The van der Waals surface area contributed by atoms with Gasteiger partial charge in [0, 0.05) is 36.1 Å². The lowest BCUT2D eigenvalue weighted by Crippen LogP contribution is -2.44. The number of amides is 1. The van der Waals surface area contributed by atoms with Crippen LogP contribution in [0, 0.1) is 12.8 Å². The molecule has 32 heavy (non-hydrogen) atoms. The summed E-state index contributed by atoms with van der Waals surface area (Å²) < 4.78 is 40.0. The average molecular weight is 481 g/mol. The molecule has 0 bridgehead atoms. The number of thiazole rings is 1. The quantitative estimate of drug-likeness (QED) is 0.529. The maximum Gasteiger partial charge on any atom is 0.419 e. The minimum Gasteiger partial charge on any atom is -0.355 e. The predicted molar refractivity (Wildman–Crippen MR) is 121 cm³/mol. The van der Waals surface area contributed by atoms with E-state index in [1.54, 1.807) is 27.6 Å². The molecular weight excluding hydrogens is 457 g/mol. The van der Waals surface area contributed by atoms with Crippen molar-refractivity contribution in [3.05, 3.63) is 51.3 Å². The van der Waals surface area contributed by atoms with E-state index in [4.69, 9.17) is 0 Å². The van der Waals surface area contributed by atoms with E-state index < -0.39 is 11.7 Å². The van der Waals surface area contributed by atoms with Gasteiger partial charge in [0.25, 0.3) is 0 Å². The second kappa shape index (κ2) is 9.58. The number of aromatic nitrogens is 2. The van der Waals surface area contributed by atoms with Crippen molar-refractivity contribution in [3.63, 3.8) is 0 Å². The number of carbonyl (C=O) groups excluding carboxylic acids is 1. The second-order valence-corrected chi connectivity index (χ2v) is 9.95. The second-order valence-electron chi connectivity index (χ2n) is 7.72. The van der Waals surface area contributed by atoms with Crippen molar-refractivity contribution in [1.82, 2.24) is 15.3 Å². The van der Waals surface area contributed by atoms with Crippen molar-refractivity contribution in [2.45, 2.75) is 32.4 Å². The van der Waals surface area contributed by atoms with E-state index in [2.05, 4.69) is 15.3 Å². The molecule has 0 saturated carbocycles. The molecule has 1 unspecified atom stereocenters. The van der Waals surface area contributed by atoms with Crippen LogP contribution >= 0.6 is 22.7 Å². The lowest BCUT2D eigenvalue weighted by molar-refractivity contribution is -0.137. The van der Waals surface area contributed by atoms with Gasteiger partial charge in [-0.05, 0) is 50.5 Å². The molecule has 1 N–H and O–H groups in total. The summed E-state index contributed by atoms with van der Waals surface area (Å²) in [5, 5.41) is 6.02. The zero-order valence-corrected chi connectivity index (χ0v) is 19.1. The normalized spacial score (nSPS) is 16.9. The van der Waals surface area contributed by atoms with E-state index in [-0.39, 0.29) is 24.2 Å². The van der Waals surface area contributed by atoms with Crippen LogP contribution in [0.25, 0.3) is 10.6 Å². The average Bonchev–Trinajstić information content (AvgIpc) is 3.42. The molecule has 4 heterocycles. The highest BCUT2D eigenvalue weighted by molar-refractivity contribution is 7.16. The third kappa shape index (κ3) is 5.29. The number of rotatable bonds is 6. The molecule has 5 nitrogen and oxygen atoms in total. The topological polar surface area (TPSA) is 58.1 Å². The molecule has 3 aromatic rings. The van der Waals surface area contributed by atoms with Crippen LogP contribution in [0.2, 0.25) is 0 Å². The molecule has 1 saturated heterocycles. The van der Waals surface area contributed by atoms with Crippen LogP contribution < -0.4 is 10.2 Å². The zero-order chi connectivity index (χ0) is 22.7. The molecule has 1 aliphatic rings. The number of hydrogen-bond acceptors (Lipinski definition) is 6. The Morgan fingerprint density at radius 3 is 2.91 bits per heavy atom. The summed E-state index contributed by atoms with van der Waals surface area (Å²) in [5.74, 6) is -0.573. The fourth-order valence-corrected chi connectivity index (χ4v) is 5.49. The van der Waals surface area contributed by atoms with Gasteiger partial charge in [0.1, 0.15) is 5.82 Å². The lowest BCUT2D eigenvalue weighted by Gasteiger charge is -2.34. The summed E-state index contributed by atoms with van der Waals surface area (Å²) in [6.45, 7) is 3.15. The fraction of sp³-hybridized carbons (Fsp3) is 0.409. The molecule has 1 atom stereocenters. The fourth-order valence-electron chi connectivity index (χ4n) is 3.83. The first kappa shape index (κ1) is 22.7. The number of hydrogen-bond donors (Lipinski definition) is 1. The maximum absolute atomic E-state index is 13.3. The van der Waals surface area contributed by atoms with Crippen LogP contribution in [0.15, 0.2) is 35.8 Å². The Labute approximate surface area is 192 Å². The number of thiophene rings is 1. The van der Waals surface area contributed by atoms with Crippen molar-refractivity contribution in [3.8, 4) is 10.6 Å². The number of anilines is 1. The summed E-state index contributed by atoms with van der Waals surface area (Å²) in [6.07, 6.45) is -1.11. The Morgan fingerprint density at radius 1 is 1.31 bits per heavy atom. The Kier molecular flexibility index (Phi) is 6.80. The van der Waals surface area contributed by atoms with E-state index in [0.717, 1.165) is 26.5 Å². The third-order valence-corrected chi connectivity index (χ3v) is 7.33.